The fraction of sp³-hybridized carbons (Fsp3) is 0.571. The summed E-state index contributed by atoms with van der Waals surface area (Å²) in [5, 5.41) is 9.15. The predicted molar refractivity (Wildman–Crippen MR) is 71.1 cm³/mol. The third kappa shape index (κ3) is 2.79. The lowest BCUT2D eigenvalue weighted by atomic mass is 9.91. The van der Waals surface area contributed by atoms with Gasteiger partial charge in [0.25, 0.3) is 0 Å². The topological polar surface area (TPSA) is 49.5 Å². The Hall–Kier alpha value is -1.06. The Bertz CT molecular complexity index is 344. The minimum atomic E-state index is 0.0824. The highest BCUT2D eigenvalue weighted by molar-refractivity contribution is 5.49. The molecule has 1 aliphatic rings. The van der Waals surface area contributed by atoms with Crippen LogP contribution >= 0.6 is 0 Å². The quantitative estimate of drug-likeness (QED) is 0.820. The number of aliphatic hydroxyl groups excluding tert-OH is 1. The number of anilines is 1. The average Bonchev–Trinajstić information content (AvgIpc) is 2.26. The summed E-state index contributed by atoms with van der Waals surface area (Å²) in [4.78, 5) is 2.31. The van der Waals surface area contributed by atoms with Gasteiger partial charge in [-0.2, -0.15) is 0 Å². The van der Waals surface area contributed by atoms with E-state index in [1.54, 1.807) is 0 Å². The Kier molecular flexibility index (Phi) is 4.02. The minimum Gasteiger partial charge on any atom is -0.395 e. The third-order valence-corrected chi connectivity index (χ3v) is 3.61. The molecule has 2 rings (SSSR count). The van der Waals surface area contributed by atoms with Crippen LogP contribution in [0.15, 0.2) is 24.3 Å². The first kappa shape index (κ1) is 12.4. The fourth-order valence-corrected chi connectivity index (χ4v) is 2.30. The number of nitrogens with two attached hydrogens (primary N) is 1. The van der Waals surface area contributed by atoms with Crippen LogP contribution in [0.4, 0.5) is 5.69 Å². The molecule has 3 heteroatoms. The highest BCUT2D eigenvalue weighted by Gasteiger charge is 2.24. The molecule has 0 saturated heterocycles. The highest BCUT2D eigenvalue weighted by atomic mass is 16.3. The van der Waals surface area contributed by atoms with E-state index in [9.17, 15) is 0 Å². The Morgan fingerprint density at radius 3 is 2.41 bits per heavy atom. The molecule has 0 bridgehead atoms. The molecule has 3 N–H and O–H groups in total. The van der Waals surface area contributed by atoms with Gasteiger partial charge >= 0.3 is 0 Å². The van der Waals surface area contributed by atoms with Gasteiger partial charge in [-0.1, -0.05) is 12.1 Å². The van der Waals surface area contributed by atoms with Gasteiger partial charge in [0.1, 0.15) is 0 Å². The molecule has 0 aliphatic heterocycles. The van der Waals surface area contributed by atoms with Crippen molar-refractivity contribution in [2.24, 2.45) is 5.73 Å². The van der Waals surface area contributed by atoms with Crippen LogP contribution in [0.25, 0.3) is 0 Å². The summed E-state index contributed by atoms with van der Waals surface area (Å²) in [5.74, 6) is 0. The first-order valence-electron chi connectivity index (χ1n) is 6.45. The Morgan fingerprint density at radius 1 is 1.35 bits per heavy atom. The number of hydrogen-bond acceptors (Lipinski definition) is 3. The van der Waals surface area contributed by atoms with Gasteiger partial charge in [-0.25, -0.2) is 0 Å². The van der Waals surface area contributed by atoms with Crippen LogP contribution in [0.3, 0.4) is 0 Å². The number of aliphatic hydroxyl groups is 1. The van der Waals surface area contributed by atoms with E-state index in [2.05, 4.69) is 29.2 Å². The smallest absolute Gasteiger partial charge is 0.0606 e. The van der Waals surface area contributed by atoms with Crippen LogP contribution in [0, 0.1) is 0 Å². The number of benzene rings is 1. The molecule has 1 aromatic rings. The summed E-state index contributed by atoms with van der Waals surface area (Å²) in [5.41, 5.74) is 8.20. The molecule has 1 unspecified atom stereocenters. The van der Waals surface area contributed by atoms with Crippen molar-refractivity contribution in [2.75, 3.05) is 18.1 Å². The van der Waals surface area contributed by atoms with Gasteiger partial charge in [0.05, 0.1) is 6.61 Å². The van der Waals surface area contributed by atoms with E-state index < -0.39 is 0 Å². The lowest BCUT2D eigenvalue weighted by molar-refractivity contribution is 0.283. The second-order valence-electron chi connectivity index (χ2n) is 4.88. The van der Waals surface area contributed by atoms with Gasteiger partial charge in [-0.05, 0) is 43.9 Å². The van der Waals surface area contributed by atoms with Crippen LogP contribution in [-0.2, 0) is 0 Å². The first-order valence-corrected chi connectivity index (χ1v) is 6.45. The van der Waals surface area contributed by atoms with Crippen LogP contribution in [0.2, 0.25) is 0 Å². The summed E-state index contributed by atoms with van der Waals surface area (Å²) in [6.45, 7) is 2.93. The maximum atomic E-state index is 9.15. The monoisotopic (exact) mass is 234 g/mol. The van der Waals surface area contributed by atoms with E-state index in [0.29, 0.717) is 6.04 Å². The molecule has 1 aliphatic carbocycles. The molecule has 1 atom stereocenters. The molecule has 3 nitrogen and oxygen atoms in total. The number of rotatable bonds is 5. The van der Waals surface area contributed by atoms with Gasteiger partial charge in [0, 0.05) is 24.3 Å². The summed E-state index contributed by atoms with van der Waals surface area (Å²) in [7, 11) is 0. The summed E-state index contributed by atoms with van der Waals surface area (Å²) in [6.07, 6.45) is 3.80. The second kappa shape index (κ2) is 5.52. The molecule has 0 spiro atoms. The van der Waals surface area contributed by atoms with E-state index in [-0.39, 0.29) is 12.6 Å². The van der Waals surface area contributed by atoms with E-state index in [1.807, 2.05) is 6.92 Å². The average molecular weight is 234 g/mol. The van der Waals surface area contributed by atoms with Gasteiger partial charge in [-0.15, -0.1) is 0 Å². The fourth-order valence-electron chi connectivity index (χ4n) is 2.30. The summed E-state index contributed by atoms with van der Waals surface area (Å²) >= 11 is 0. The van der Waals surface area contributed by atoms with Crippen LogP contribution < -0.4 is 10.6 Å². The minimum absolute atomic E-state index is 0.0824. The lowest BCUT2D eigenvalue weighted by Gasteiger charge is -2.39. The van der Waals surface area contributed by atoms with Gasteiger partial charge < -0.3 is 15.7 Å². The zero-order valence-corrected chi connectivity index (χ0v) is 10.5. The van der Waals surface area contributed by atoms with Crippen molar-refractivity contribution in [3.8, 4) is 0 Å². The van der Waals surface area contributed by atoms with Crippen molar-refractivity contribution < 1.29 is 5.11 Å². The molecule has 0 heterocycles. The van der Waals surface area contributed by atoms with Crippen molar-refractivity contribution in [3.05, 3.63) is 29.8 Å². The lowest BCUT2D eigenvalue weighted by Crippen LogP contribution is -2.41. The standard InChI is InChI=1S/C14H22N2O/c1-11(15)12-5-7-14(8-6-12)16(9-10-17)13-3-2-4-13/h5-8,11,13,17H,2-4,9-10,15H2,1H3. The van der Waals surface area contributed by atoms with E-state index >= 15 is 0 Å². The van der Waals surface area contributed by atoms with Crippen LogP contribution in [0.1, 0.15) is 37.8 Å². The zero-order chi connectivity index (χ0) is 12.3. The van der Waals surface area contributed by atoms with E-state index in [4.69, 9.17) is 10.8 Å². The van der Waals surface area contributed by atoms with Crippen molar-refractivity contribution >= 4 is 5.69 Å². The Morgan fingerprint density at radius 2 is 2.00 bits per heavy atom. The third-order valence-electron chi connectivity index (χ3n) is 3.61. The molecule has 0 radical (unpaired) electrons. The maximum Gasteiger partial charge on any atom is 0.0606 e. The van der Waals surface area contributed by atoms with Crippen molar-refractivity contribution in [1.82, 2.24) is 0 Å². The molecule has 1 saturated carbocycles. The Balaban J connectivity index is 2.11. The molecule has 1 aromatic carbocycles. The van der Waals surface area contributed by atoms with Gasteiger partial charge in [0.15, 0.2) is 0 Å². The summed E-state index contributed by atoms with van der Waals surface area (Å²) in [6, 6.07) is 9.10. The molecular formula is C14H22N2O. The molecule has 94 valence electrons. The number of nitrogens with zero attached hydrogens (tertiary/aromatic N) is 1. The van der Waals surface area contributed by atoms with Crippen molar-refractivity contribution in [3.63, 3.8) is 0 Å². The molecule has 1 fully saturated rings. The largest absolute Gasteiger partial charge is 0.395 e. The highest BCUT2D eigenvalue weighted by Crippen LogP contribution is 2.29. The van der Waals surface area contributed by atoms with E-state index in [0.717, 1.165) is 12.1 Å². The van der Waals surface area contributed by atoms with Gasteiger partial charge in [0.2, 0.25) is 0 Å². The summed E-state index contributed by atoms with van der Waals surface area (Å²) < 4.78 is 0. The van der Waals surface area contributed by atoms with Crippen LogP contribution in [0.5, 0.6) is 0 Å². The van der Waals surface area contributed by atoms with Gasteiger partial charge in [-0.3, -0.25) is 0 Å². The first-order chi connectivity index (χ1) is 8.22. The van der Waals surface area contributed by atoms with Crippen molar-refractivity contribution in [1.29, 1.82) is 0 Å². The molecular weight excluding hydrogens is 212 g/mol. The molecule has 0 amide bonds. The normalized spacial score (nSPS) is 17.6. The predicted octanol–water partition coefficient (Wildman–Crippen LogP) is 2.06. The molecule has 0 aromatic heterocycles. The zero-order valence-electron chi connectivity index (χ0n) is 10.5. The maximum absolute atomic E-state index is 9.15. The SMILES string of the molecule is CC(N)c1ccc(N(CCO)C2CCC2)cc1. The van der Waals surface area contributed by atoms with Crippen LogP contribution in [-0.4, -0.2) is 24.3 Å². The molecule has 17 heavy (non-hydrogen) atoms. The van der Waals surface area contributed by atoms with E-state index in [1.165, 1.54) is 24.9 Å². The number of hydrogen-bond donors (Lipinski definition) is 2. The van der Waals surface area contributed by atoms with Crippen molar-refractivity contribution in [2.45, 2.75) is 38.3 Å². The Labute approximate surface area is 103 Å². The second-order valence-corrected chi connectivity index (χ2v) is 4.88.